The summed E-state index contributed by atoms with van der Waals surface area (Å²) in [5, 5.41) is 3.52. The van der Waals surface area contributed by atoms with Crippen LogP contribution in [0.2, 0.25) is 0 Å². The fourth-order valence-electron chi connectivity index (χ4n) is 2.28. The lowest BCUT2D eigenvalue weighted by Gasteiger charge is -2.16. The molecule has 0 saturated heterocycles. The summed E-state index contributed by atoms with van der Waals surface area (Å²) >= 11 is 0. The van der Waals surface area contributed by atoms with Crippen LogP contribution < -0.4 is 14.8 Å². The first kappa shape index (κ1) is 14.7. The molecule has 0 radical (unpaired) electrons. The van der Waals surface area contributed by atoms with E-state index < -0.39 is 0 Å². The van der Waals surface area contributed by atoms with Crippen molar-refractivity contribution in [1.29, 1.82) is 0 Å². The zero-order chi connectivity index (χ0) is 14.5. The third-order valence-corrected chi connectivity index (χ3v) is 3.86. The van der Waals surface area contributed by atoms with Gasteiger partial charge in [-0.1, -0.05) is 12.1 Å². The standard InChI is InChI=1S/C17H25NO3/c1-2-20-16-5-3-4-14(10-18-15-8-9-15)17(16)21-12-19-11-13-6-7-13/h3-5,13,15,18H,2,6-12H2,1H3. The molecular formula is C17H25NO3. The highest BCUT2D eigenvalue weighted by Gasteiger charge is 2.22. The minimum atomic E-state index is 0.303. The van der Waals surface area contributed by atoms with Crippen molar-refractivity contribution < 1.29 is 14.2 Å². The van der Waals surface area contributed by atoms with Crippen molar-refractivity contribution in [2.45, 2.75) is 45.2 Å². The molecule has 0 spiro atoms. The molecule has 2 aliphatic carbocycles. The molecule has 0 amide bonds. The van der Waals surface area contributed by atoms with E-state index in [-0.39, 0.29) is 0 Å². The number of rotatable bonds is 10. The van der Waals surface area contributed by atoms with E-state index in [1.54, 1.807) is 0 Å². The summed E-state index contributed by atoms with van der Waals surface area (Å²) in [6.45, 7) is 4.56. The first-order valence-corrected chi connectivity index (χ1v) is 8.05. The summed E-state index contributed by atoms with van der Waals surface area (Å²) in [7, 11) is 0. The minimum Gasteiger partial charge on any atom is -0.490 e. The van der Waals surface area contributed by atoms with Gasteiger partial charge in [0.1, 0.15) is 0 Å². The fraction of sp³-hybridized carbons (Fsp3) is 0.647. The van der Waals surface area contributed by atoms with Gasteiger partial charge < -0.3 is 19.5 Å². The Morgan fingerprint density at radius 1 is 1.14 bits per heavy atom. The predicted octanol–water partition coefficient (Wildman–Crippen LogP) is 3.10. The largest absolute Gasteiger partial charge is 0.490 e. The fourth-order valence-corrected chi connectivity index (χ4v) is 2.28. The SMILES string of the molecule is CCOc1cccc(CNC2CC2)c1OCOCC1CC1. The first-order valence-electron chi connectivity index (χ1n) is 8.05. The van der Waals surface area contributed by atoms with E-state index in [9.17, 15) is 0 Å². The van der Waals surface area contributed by atoms with Gasteiger partial charge in [-0.15, -0.1) is 0 Å². The van der Waals surface area contributed by atoms with E-state index in [4.69, 9.17) is 14.2 Å². The Balaban J connectivity index is 1.59. The number of para-hydroxylation sites is 1. The molecular weight excluding hydrogens is 266 g/mol. The van der Waals surface area contributed by atoms with E-state index in [2.05, 4.69) is 11.4 Å². The van der Waals surface area contributed by atoms with Crippen molar-refractivity contribution in [2.75, 3.05) is 20.0 Å². The third-order valence-electron chi connectivity index (χ3n) is 3.86. The van der Waals surface area contributed by atoms with Crippen LogP contribution in [0.5, 0.6) is 11.5 Å². The number of benzene rings is 1. The molecule has 2 aliphatic rings. The van der Waals surface area contributed by atoms with E-state index >= 15 is 0 Å². The highest BCUT2D eigenvalue weighted by molar-refractivity contribution is 5.46. The van der Waals surface area contributed by atoms with Crippen LogP contribution in [0, 0.1) is 5.92 Å². The van der Waals surface area contributed by atoms with Gasteiger partial charge in [0.05, 0.1) is 13.2 Å². The third kappa shape index (κ3) is 4.61. The molecule has 116 valence electrons. The van der Waals surface area contributed by atoms with Gasteiger partial charge in [0.2, 0.25) is 0 Å². The van der Waals surface area contributed by atoms with Gasteiger partial charge in [0.15, 0.2) is 18.3 Å². The highest BCUT2D eigenvalue weighted by Crippen LogP contribution is 2.33. The van der Waals surface area contributed by atoms with Gasteiger partial charge in [-0.05, 0) is 44.6 Å². The van der Waals surface area contributed by atoms with Crippen molar-refractivity contribution in [3.8, 4) is 11.5 Å². The lowest BCUT2D eigenvalue weighted by atomic mass is 10.2. The summed E-state index contributed by atoms with van der Waals surface area (Å²) in [6.07, 6.45) is 5.16. The van der Waals surface area contributed by atoms with Crippen LogP contribution in [0.15, 0.2) is 18.2 Å². The van der Waals surface area contributed by atoms with Crippen molar-refractivity contribution in [1.82, 2.24) is 5.32 Å². The summed E-state index contributed by atoms with van der Waals surface area (Å²) in [6, 6.07) is 6.75. The molecule has 1 N–H and O–H groups in total. The first-order chi connectivity index (χ1) is 10.4. The molecule has 0 heterocycles. The number of nitrogens with one attached hydrogen (secondary N) is 1. The minimum absolute atomic E-state index is 0.303. The monoisotopic (exact) mass is 291 g/mol. The molecule has 0 aliphatic heterocycles. The van der Waals surface area contributed by atoms with Gasteiger partial charge in [-0.3, -0.25) is 0 Å². The average molecular weight is 291 g/mol. The molecule has 3 rings (SSSR count). The zero-order valence-electron chi connectivity index (χ0n) is 12.8. The lowest BCUT2D eigenvalue weighted by molar-refractivity contribution is 0.00781. The summed E-state index contributed by atoms with van der Waals surface area (Å²) in [5.74, 6) is 2.39. The van der Waals surface area contributed by atoms with E-state index in [1.165, 1.54) is 25.7 Å². The Hall–Kier alpha value is -1.26. The number of ether oxygens (including phenoxy) is 3. The van der Waals surface area contributed by atoms with Gasteiger partial charge in [-0.25, -0.2) is 0 Å². The van der Waals surface area contributed by atoms with Crippen LogP contribution in [0.4, 0.5) is 0 Å². The van der Waals surface area contributed by atoms with Crippen molar-refractivity contribution in [3.63, 3.8) is 0 Å². The van der Waals surface area contributed by atoms with E-state index in [0.29, 0.717) is 19.4 Å². The number of hydrogen-bond donors (Lipinski definition) is 1. The highest BCUT2D eigenvalue weighted by atomic mass is 16.7. The molecule has 0 aromatic heterocycles. The van der Waals surface area contributed by atoms with E-state index in [1.807, 2.05) is 19.1 Å². The molecule has 2 fully saturated rings. The second-order valence-electron chi connectivity index (χ2n) is 5.91. The zero-order valence-corrected chi connectivity index (χ0v) is 12.8. The molecule has 1 aromatic rings. The van der Waals surface area contributed by atoms with Crippen LogP contribution in [0.1, 0.15) is 38.2 Å². The Morgan fingerprint density at radius 3 is 2.71 bits per heavy atom. The maximum atomic E-state index is 5.86. The van der Waals surface area contributed by atoms with E-state index in [0.717, 1.165) is 36.1 Å². The molecule has 0 unspecified atom stereocenters. The molecule has 0 atom stereocenters. The normalized spacial score (nSPS) is 17.8. The maximum Gasteiger partial charge on any atom is 0.189 e. The summed E-state index contributed by atoms with van der Waals surface area (Å²) in [4.78, 5) is 0. The van der Waals surface area contributed by atoms with Crippen LogP contribution in [0.3, 0.4) is 0 Å². The average Bonchev–Trinajstić information content (AvgIpc) is 3.37. The maximum absolute atomic E-state index is 5.86. The molecule has 4 heteroatoms. The molecule has 0 bridgehead atoms. The second kappa shape index (κ2) is 7.14. The van der Waals surface area contributed by atoms with Crippen LogP contribution in [-0.4, -0.2) is 26.0 Å². The topological polar surface area (TPSA) is 39.7 Å². The molecule has 2 saturated carbocycles. The second-order valence-corrected chi connectivity index (χ2v) is 5.91. The lowest BCUT2D eigenvalue weighted by Crippen LogP contribution is -2.17. The van der Waals surface area contributed by atoms with Gasteiger partial charge in [0, 0.05) is 18.2 Å². The van der Waals surface area contributed by atoms with Crippen LogP contribution in [-0.2, 0) is 11.3 Å². The summed E-state index contributed by atoms with van der Waals surface area (Å²) in [5.41, 5.74) is 1.14. The number of hydrogen-bond acceptors (Lipinski definition) is 4. The predicted molar refractivity (Wildman–Crippen MR) is 81.6 cm³/mol. The van der Waals surface area contributed by atoms with Gasteiger partial charge >= 0.3 is 0 Å². The van der Waals surface area contributed by atoms with Crippen LogP contribution >= 0.6 is 0 Å². The summed E-state index contributed by atoms with van der Waals surface area (Å²) < 4.78 is 17.1. The Kier molecular flexibility index (Phi) is 4.99. The van der Waals surface area contributed by atoms with Crippen molar-refractivity contribution >= 4 is 0 Å². The van der Waals surface area contributed by atoms with Crippen molar-refractivity contribution in [3.05, 3.63) is 23.8 Å². The van der Waals surface area contributed by atoms with Crippen molar-refractivity contribution in [2.24, 2.45) is 5.92 Å². The Labute approximate surface area is 126 Å². The Bertz CT molecular complexity index is 455. The van der Waals surface area contributed by atoms with Gasteiger partial charge in [0.25, 0.3) is 0 Å². The smallest absolute Gasteiger partial charge is 0.189 e. The molecule has 1 aromatic carbocycles. The molecule has 4 nitrogen and oxygen atoms in total. The van der Waals surface area contributed by atoms with Gasteiger partial charge in [-0.2, -0.15) is 0 Å². The quantitative estimate of drug-likeness (QED) is 0.531. The Morgan fingerprint density at radius 2 is 2.00 bits per heavy atom. The van der Waals surface area contributed by atoms with Crippen LogP contribution in [0.25, 0.3) is 0 Å². The molecule has 21 heavy (non-hydrogen) atoms.